The lowest BCUT2D eigenvalue weighted by Crippen LogP contribution is -2.15. The van der Waals surface area contributed by atoms with Crippen molar-refractivity contribution in [3.05, 3.63) is 45.4 Å². The van der Waals surface area contributed by atoms with Crippen LogP contribution in [-0.2, 0) is 12.2 Å². The second-order valence-corrected chi connectivity index (χ2v) is 7.10. The second-order valence-electron chi connectivity index (χ2n) is 4.97. The molecule has 0 fully saturated rings. The first kappa shape index (κ1) is 13.2. The molecule has 4 heteroatoms. The van der Waals surface area contributed by atoms with Crippen LogP contribution >= 0.6 is 23.1 Å². The van der Waals surface area contributed by atoms with Crippen molar-refractivity contribution >= 4 is 23.1 Å². The first-order valence-corrected chi connectivity index (χ1v) is 8.47. The molecule has 1 aromatic heterocycles. The van der Waals surface area contributed by atoms with Gasteiger partial charge in [-0.1, -0.05) is 18.2 Å². The van der Waals surface area contributed by atoms with Gasteiger partial charge in [-0.3, -0.25) is 0 Å². The van der Waals surface area contributed by atoms with Crippen molar-refractivity contribution in [1.82, 2.24) is 4.98 Å². The van der Waals surface area contributed by atoms with Crippen molar-refractivity contribution < 1.29 is 0 Å². The van der Waals surface area contributed by atoms with Gasteiger partial charge in [0.2, 0.25) is 0 Å². The molecule has 0 bridgehead atoms. The molecule has 1 aromatic carbocycles. The van der Waals surface area contributed by atoms with Crippen LogP contribution in [0.4, 0.5) is 0 Å². The molecule has 2 aromatic rings. The monoisotopic (exact) mass is 290 g/mol. The largest absolute Gasteiger partial charge is 0.323 e. The van der Waals surface area contributed by atoms with Gasteiger partial charge in [-0.15, -0.1) is 23.1 Å². The van der Waals surface area contributed by atoms with Crippen LogP contribution in [0.2, 0.25) is 0 Å². The molecule has 2 N–H and O–H groups in total. The third-order valence-electron chi connectivity index (χ3n) is 3.48. The molecule has 0 radical (unpaired) electrons. The van der Waals surface area contributed by atoms with Crippen molar-refractivity contribution in [2.75, 3.05) is 0 Å². The van der Waals surface area contributed by atoms with Gasteiger partial charge in [0.05, 0.1) is 11.4 Å². The molecule has 1 atom stereocenters. The number of hydrogen-bond donors (Lipinski definition) is 1. The van der Waals surface area contributed by atoms with Gasteiger partial charge in [0.25, 0.3) is 0 Å². The molecule has 0 amide bonds. The van der Waals surface area contributed by atoms with E-state index in [0.29, 0.717) is 0 Å². The topological polar surface area (TPSA) is 38.9 Å². The van der Waals surface area contributed by atoms with E-state index in [1.807, 2.05) is 23.1 Å². The number of thioether (sulfide) groups is 1. The van der Waals surface area contributed by atoms with E-state index in [-0.39, 0.29) is 6.04 Å². The van der Waals surface area contributed by atoms with Crippen molar-refractivity contribution in [3.63, 3.8) is 0 Å². The Morgan fingerprint density at radius 3 is 3.05 bits per heavy atom. The van der Waals surface area contributed by atoms with Gasteiger partial charge in [0.1, 0.15) is 5.01 Å². The van der Waals surface area contributed by atoms with Crippen molar-refractivity contribution in [1.29, 1.82) is 0 Å². The fraction of sp³-hybridized carbons (Fsp3) is 0.400. The highest BCUT2D eigenvalue weighted by Gasteiger charge is 2.21. The molecular weight excluding hydrogens is 272 g/mol. The number of benzene rings is 1. The van der Waals surface area contributed by atoms with E-state index in [4.69, 9.17) is 10.7 Å². The molecule has 1 aliphatic carbocycles. The zero-order chi connectivity index (χ0) is 13.2. The smallest absolute Gasteiger partial charge is 0.103 e. The van der Waals surface area contributed by atoms with Crippen LogP contribution in [0.25, 0.3) is 0 Å². The van der Waals surface area contributed by atoms with E-state index in [0.717, 1.165) is 18.6 Å². The Balaban J connectivity index is 1.73. The first-order chi connectivity index (χ1) is 9.24. The minimum absolute atomic E-state index is 0.221. The number of aromatic nitrogens is 1. The van der Waals surface area contributed by atoms with E-state index in [1.54, 1.807) is 0 Å². The van der Waals surface area contributed by atoms with Gasteiger partial charge in [-0.2, -0.15) is 0 Å². The molecule has 1 heterocycles. The van der Waals surface area contributed by atoms with Gasteiger partial charge in [-0.05, 0) is 37.8 Å². The summed E-state index contributed by atoms with van der Waals surface area (Å²) in [5.41, 5.74) is 8.75. The highest BCUT2D eigenvalue weighted by atomic mass is 32.2. The van der Waals surface area contributed by atoms with Crippen molar-refractivity contribution in [3.8, 4) is 0 Å². The van der Waals surface area contributed by atoms with Gasteiger partial charge in [0.15, 0.2) is 0 Å². The predicted molar refractivity (Wildman–Crippen MR) is 82.7 cm³/mol. The fourth-order valence-electron chi connectivity index (χ4n) is 2.42. The van der Waals surface area contributed by atoms with Crippen LogP contribution < -0.4 is 5.73 Å². The van der Waals surface area contributed by atoms with Crippen LogP contribution in [0, 0.1) is 6.92 Å². The highest BCUT2D eigenvalue weighted by molar-refractivity contribution is 7.98. The van der Waals surface area contributed by atoms with E-state index in [9.17, 15) is 0 Å². The average Bonchev–Trinajstić information content (AvgIpc) is 2.82. The minimum Gasteiger partial charge on any atom is -0.323 e. The number of nitrogens with two attached hydrogens (primary N) is 1. The Labute approximate surface area is 122 Å². The van der Waals surface area contributed by atoms with Crippen LogP contribution in [0.5, 0.6) is 0 Å². The van der Waals surface area contributed by atoms with Gasteiger partial charge in [0, 0.05) is 15.8 Å². The van der Waals surface area contributed by atoms with Crippen LogP contribution in [-0.4, -0.2) is 4.98 Å². The van der Waals surface area contributed by atoms with Gasteiger partial charge in [-0.25, -0.2) is 4.98 Å². The summed E-state index contributed by atoms with van der Waals surface area (Å²) in [5, 5.41) is 1.22. The number of fused-ring (bicyclic) bond motifs is 1. The molecule has 1 unspecified atom stereocenters. The summed E-state index contributed by atoms with van der Waals surface area (Å²) < 4.78 is 0. The summed E-state index contributed by atoms with van der Waals surface area (Å²) in [6.07, 6.45) is 3.40. The summed E-state index contributed by atoms with van der Waals surface area (Å²) in [7, 11) is 0. The molecule has 100 valence electrons. The minimum atomic E-state index is 0.221. The number of aryl methyl sites for hydroxylation is 2. The highest BCUT2D eigenvalue weighted by Crippen LogP contribution is 2.35. The number of rotatable bonds is 3. The van der Waals surface area contributed by atoms with Crippen LogP contribution in [0.3, 0.4) is 0 Å². The normalized spacial score (nSPS) is 18.3. The predicted octanol–water partition coefficient (Wildman–Crippen LogP) is 4.08. The zero-order valence-electron chi connectivity index (χ0n) is 11.1. The Morgan fingerprint density at radius 2 is 2.26 bits per heavy atom. The Bertz CT molecular complexity index is 577. The molecule has 3 rings (SSSR count). The molecular formula is C15H18N2S2. The van der Waals surface area contributed by atoms with E-state index in [1.165, 1.54) is 32.5 Å². The molecule has 0 aliphatic heterocycles. The fourth-order valence-corrected chi connectivity index (χ4v) is 4.59. The van der Waals surface area contributed by atoms with Crippen LogP contribution in [0.1, 0.15) is 40.0 Å². The number of hydrogen-bond acceptors (Lipinski definition) is 4. The quantitative estimate of drug-likeness (QED) is 0.866. The lowest BCUT2D eigenvalue weighted by molar-refractivity contribution is 0.573. The Kier molecular flexibility index (Phi) is 3.91. The third-order valence-corrected chi connectivity index (χ3v) is 6.08. The molecule has 0 saturated heterocycles. The lowest BCUT2D eigenvalue weighted by Gasteiger charge is -2.15. The number of nitrogens with zero attached hydrogens (tertiary/aromatic N) is 1. The summed E-state index contributed by atoms with van der Waals surface area (Å²) >= 11 is 3.68. The Morgan fingerprint density at radius 1 is 1.42 bits per heavy atom. The maximum atomic E-state index is 6.15. The summed E-state index contributed by atoms with van der Waals surface area (Å²) in [5.74, 6) is 0.954. The zero-order valence-corrected chi connectivity index (χ0v) is 12.7. The molecule has 0 saturated carbocycles. The average molecular weight is 290 g/mol. The van der Waals surface area contributed by atoms with Crippen molar-refractivity contribution in [2.24, 2.45) is 5.73 Å². The second kappa shape index (κ2) is 5.65. The third kappa shape index (κ3) is 2.86. The summed E-state index contributed by atoms with van der Waals surface area (Å²) in [6.45, 7) is 2.16. The van der Waals surface area contributed by atoms with Gasteiger partial charge < -0.3 is 5.73 Å². The van der Waals surface area contributed by atoms with E-state index >= 15 is 0 Å². The standard InChI is InChI=1S/C15H18N2S2/c1-10-5-2-3-8-13(10)18-9-14-17-12-7-4-6-11(16)15(12)19-14/h2-3,5,8,11H,4,6-7,9,16H2,1H3. The maximum Gasteiger partial charge on any atom is 0.103 e. The van der Waals surface area contributed by atoms with Gasteiger partial charge >= 0.3 is 0 Å². The van der Waals surface area contributed by atoms with E-state index < -0.39 is 0 Å². The molecule has 2 nitrogen and oxygen atoms in total. The molecule has 1 aliphatic rings. The molecule has 0 spiro atoms. The Hall–Kier alpha value is -0.840. The summed E-state index contributed by atoms with van der Waals surface area (Å²) in [4.78, 5) is 7.44. The maximum absolute atomic E-state index is 6.15. The summed E-state index contributed by atoms with van der Waals surface area (Å²) in [6, 6.07) is 8.74. The number of thiazole rings is 1. The molecule has 19 heavy (non-hydrogen) atoms. The van der Waals surface area contributed by atoms with E-state index in [2.05, 4.69) is 31.2 Å². The van der Waals surface area contributed by atoms with Crippen LogP contribution in [0.15, 0.2) is 29.2 Å². The van der Waals surface area contributed by atoms with Crippen molar-refractivity contribution in [2.45, 2.75) is 42.9 Å². The SMILES string of the molecule is Cc1ccccc1SCc1nc2c(s1)C(N)CCC2. The first-order valence-electron chi connectivity index (χ1n) is 6.66. The lowest BCUT2D eigenvalue weighted by atomic mass is 9.99.